The molecule has 0 bridgehead atoms. The molecule has 10 nitrogen and oxygen atoms in total. The lowest BCUT2D eigenvalue weighted by molar-refractivity contribution is -0.138. The largest absolute Gasteiger partial charge is 0.497 e. The minimum Gasteiger partial charge on any atom is -0.497 e. The highest BCUT2D eigenvalue weighted by molar-refractivity contribution is 5.86. The SMILES string of the molecule is COc1ccc2c(c1)c(C1CC1)nn2-c1nc(Nc2cc(N)c(N(C)CCN(C)C)cc2OC)ncc1C(F)(F)F. The molecule has 0 aliphatic heterocycles. The van der Waals surface area contributed by atoms with Crippen LogP contribution in [-0.2, 0) is 6.18 Å². The average Bonchev–Trinajstić information content (AvgIpc) is 3.71. The summed E-state index contributed by atoms with van der Waals surface area (Å²) in [5, 5.41) is 8.35. The predicted molar refractivity (Wildman–Crippen MR) is 153 cm³/mol. The van der Waals surface area contributed by atoms with E-state index >= 15 is 0 Å². The van der Waals surface area contributed by atoms with Crippen molar-refractivity contribution in [2.45, 2.75) is 24.9 Å². The van der Waals surface area contributed by atoms with Gasteiger partial charge >= 0.3 is 6.18 Å². The number of ether oxygens (including phenoxy) is 2. The number of hydrogen-bond donors (Lipinski definition) is 2. The van der Waals surface area contributed by atoms with Crippen molar-refractivity contribution in [3.05, 3.63) is 47.8 Å². The topological polar surface area (TPSA) is 107 Å². The Morgan fingerprint density at radius 1 is 1.07 bits per heavy atom. The number of aromatic nitrogens is 4. The summed E-state index contributed by atoms with van der Waals surface area (Å²) in [5.41, 5.74) is 8.21. The Kier molecular flexibility index (Phi) is 7.56. The number of nitrogens with two attached hydrogens (primary N) is 1. The van der Waals surface area contributed by atoms with Crippen molar-refractivity contribution >= 4 is 33.9 Å². The van der Waals surface area contributed by atoms with Gasteiger partial charge in [0, 0.05) is 43.7 Å². The number of nitrogens with zero attached hydrogens (tertiary/aromatic N) is 6. The molecule has 41 heavy (non-hydrogen) atoms. The van der Waals surface area contributed by atoms with E-state index in [2.05, 4.69) is 25.3 Å². The monoisotopic (exact) mass is 570 g/mol. The fourth-order valence-corrected chi connectivity index (χ4v) is 4.64. The van der Waals surface area contributed by atoms with Gasteiger partial charge < -0.3 is 30.3 Å². The number of hydrogen-bond acceptors (Lipinski definition) is 9. The number of benzene rings is 2. The van der Waals surface area contributed by atoms with Crippen LogP contribution < -0.4 is 25.4 Å². The van der Waals surface area contributed by atoms with Crippen LogP contribution in [0, 0.1) is 0 Å². The van der Waals surface area contributed by atoms with Crippen LogP contribution in [0.25, 0.3) is 16.7 Å². The summed E-state index contributed by atoms with van der Waals surface area (Å²) in [4.78, 5) is 12.4. The van der Waals surface area contributed by atoms with E-state index < -0.39 is 11.7 Å². The van der Waals surface area contributed by atoms with Gasteiger partial charge in [-0.15, -0.1) is 0 Å². The Balaban J connectivity index is 1.57. The van der Waals surface area contributed by atoms with E-state index in [4.69, 9.17) is 15.2 Å². The molecule has 4 aromatic rings. The lowest BCUT2D eigenvalue weighted by Gasteiger charge is -2.24. The zero-order valence-electron chi connectivity index (χ0n) is 23.6. The van der Waals surface area contributed by atoms with Crippen molar-refractivity contribution in [1.82, 2.24) is 24.6 Å². The molecule has 0 saturated heterocycles. The molecule has 1 fully saturated rings. The molecule has 218 valence electrons. The Hall–Kier alpha value is -4.26. The number of rotatable bonds is 10. The van der Waals surface area contributed by atoms with Crippen LogP contribution in [0.3, 0.4) is 0 Å². The van der Waals surface area contributed by atoms with E-state index in [0.29, 0.717) is 28.4 Å². The Labute approximate surface area is 235 Å². The van der Waals surface area contributed by atoms with E-state index in [1.54, 1.807) is 37.4 Å². The zero-order valence-corrected chi connectivity index (χ0v) is 23.6. The molecule has 1 saturated carbocycles. The molecule has 0 amide bonds. The normalized spacial score (nSPS) is 13.6. The van der Waals surface area contributed by atoms with Gasteiger partial charge in [-0.3, -0.25) is 0 Å². The lowest BCUT2D eigenvalue weighted by Crippen LogP contribution is -2.29. The Bertz CT molecular complexity index is 1570. The minimum atomic E-state index is -4.71. The maximum absolute atomic E-state index is 14.2. The molecule has 13 heteroatoms. The van der Waals surface area contributed by atoms with Crippen molar-refractivity contribution in [3.8, 4) is 17.3 Å². The van der Waals surface area contributed by atoms with Crippen molar-refractivity contribution in [3.63, 3.8) is 0 Å². The molecule has 0 radical (unpaired) electrons. The van der Waals surface area contributed by atoms with Crippen molar-refractivity contribution < 1.29 is 22.6 Å². The van der Waals surface area contributed by atoms with Gasteiger partial charge in [0.25, 0.3) is 0 Å². The van der Waals surface area contributed by atoms with E-state index in [-0.39, 0.29) is 17.7 Å². The number of halogens is 3. The first-order valence-corrected chi connectivity index (χ1v) is 13.1. The third-order valence-corrected chi connectivity index (χ3v) is 7.04. The summed E-state index contributed by atoms with van der Waals surface area (Å²) in [6.07, 6.45) is -2.10. The van der Waals surface area contributed by atoms with Gasteiger partial charge in [0.2, 0.25) is 5.95 Å². The van der Waals surface area contributed by atoms with Crippen LogP contribution in [0.4, 0.5) is 36.2 Å². The van der Waals surface area contributed by atoms with Crippen molar-refractivity contribution in [2.24, 2.45) is 0 Å². The number of likely N-dealkylation sites (N-methyl/N-ethyl adjacent to an activating group) is 2. The number of nitrogens with one attached hydrogen (secondary N) is 1. The first-order valence-electron chi connectivity index (χ1n) is 13.1. The first kappa shape index (κ1) is 28.3. The van der Waals surface area contributed by atoms with Gasteiger partial charge in [-0.2, -0.15) is 23.3 Å². The van der Waals surface area contributed by atoms with Gasteiger partial charge in [-0.05, 0) is 51.2 Å². The highest BCUT2D eigenvalue weighted by Gasteiger charge is 2.38. The van der Waals surface area contributed by atoms with Crippen LogP contribution in [0.15, 0.2) is 36.5 Å². The number of methoxy groups -OCH3 is 2. The first-order chi connectivity index (χ1) is 19.5. The molecule has 2 aromatic carbocycles. The number of nitrogen functional groups attached to an aromatic ring is 1. The van der Waals surface area contributed by atoms with Gasteiger partial charge in [-0.25, -0.2) is 9.67 Å². The molecular weight excluding hydrogens is 537 g/mol. The van der Waals surface area contributed by atoms with Crippen molar-refractivity contribution in [2.75, 3.05) is 64.4 Å². The number of anilines is 4. The molecule has 0 atom stereocenters. The second-order valence-electron chi connectivity index (χ2n) is 10.3. The zero-order chi connectivity index (χ0) is 29.5. The standard InChI is InChI=1S/C28H33F3N8O2/c1-37(2)10-11-38(3)23-14-24(41-5)21(13-20(23)32)34-27-33-15-19(28(29,30)31)26(35-27)39-22-9-8-17(40-4)12-18(22)25(36-39)16-6-7-16/h8-9,12-16H,6-7,10-11,32H2,1-5H3,(H,33,34,35). The summed E-state index contributed by atoms with van der Waals surface area (Å²) in [7, 11) is 8.94. The van der Waals surface area contributed by atoms with Gasteiger partial charge in [0.1, 0.15) is 17.1 Å². The second-order valence-corrected chi connectivity index (χ2v) is 10.3. The van der Waals surface area contributed by atoms with E-state index in [1.807, 2.05) is 26.0 Å². The molecule has 1 aliphatic carbocycles. The minimum absolute atomic E-state index is 0.0652. The highest BCUT2D eigenvalue weighted by atomic mass is 19.4. The smallest absolute Gasteiger partial charge is 0.421 e. The van der Waals surface area contributed by atoms with E-state index in [0.717, 1.165) is 48.9 Å². The molecular formula is C28H33F3N8O2. The summed E-state index contributed by atoms with van der Waals surface area (Å²) >= 11 is 0. The van der Waals surface area contributed by atoms with Gasteiger partial charge in [0.15, 0.2) is 5.82 Å². The quantitative estimate of drug-likeness (QED) is 0.253. The summed E-state index contributed by atoms with van der Waals surface area (Å²) in [5.74, 6) is 0.763. The predicted octanol–water partition coefficient (Wildman–Crippen LogP) is 5.05. The van der Waals surface area contributed by atoms with Gasteiger partial charge in [-0.1, -0.05) is 0 Å². The molecule has 2 aromatic heterocycles. The molecule has 3 N–H and O–H groups in total. The van der Waals surface area contributed by atoms with E-state index in [1.165, 1.54) is 11.8 Å². The molecule has 0 spiro atoms. The second kappa shape index (κ2) is 11.0. The maximum Gasteiger partial charge on any atom is 0.421 e. The third kappa shape index (κ3) is 5.80. The molecule has 2 heterocycles. The Morgan fingerprint density at radius 2 is 1.83 bits per heavy atom. The van der Waals surface area contributed by atoms with Crippen LogP contribution >= 0.6 is 0 Å². The highest BCUT2D eigenvalue weighted by Crippen LogP contribution is 2.44. The van der Waals surface area contributed by atoms with Crippen LogP contribution in [0.5, 0.6) is 11.5 Å². The Morgan fingerprint density at radius 3 is 2.46 bits per heavy atom. The van der Waals surface area contributed by atoms with Crippen LogP contribution in [0.1, 0.15) is 30.0 Å². The summed E-state index contributed by atoms with van der Waals surface area (Å²) < 4.78 is 54.7. The van der Waals surface area contributed by atoms with E-state index in [9.17, 15) is 13.2 Å². The number of fused-ring (bicyclic) bond motifs is 1. The van der Waals surface area contributed by atoms with Crippen LogP contribution in [-0.4, -0.2) is 73.1 Å². The fourth-order valence-electron chi connectivity index (χ4n) is 4.64. The summed E-state index contributed by atoms with van der Waals surface area (Å²) in [6.45, 7) is 1.54. The molecule has 1 aliphatic rings. The number of alkyl halides is 3. The van der Waals surface area contributed by atoms with Crippen molar-refractivity contribution in [1.29, 1.82) is 0 Å². The average molecular weight is 571 g/mol. The van der Waals surface area contributed by atoms with Gasteiger partial charge in [0.05, 0.1) is 42.5 Å². The third-order valence-electron chi connectivity index (χ3n) is 7.04. The molecule has 5 rings (SSSR count). The maximum atomic E-state index is 14.2. The van der Waals surface area contributed by atoms with Crippen LogP contribution in [0.2, 0.25) is 0 Å². The summed E-state index contributed by atoms with van der Waals surface area (Å²) in [6, 6.07) is 8.61. The molecule has 0 unspecified atom stereocenters. The lowest BCUT2D eigenvalue weighted by atomic mass is 10.1. The fraction of sp³-hybridized carbons (Fsp3) is 0.393.